The monoisotopic (exact) mass is 519 g/mol. The smallest absolute Gasteiger partial charge is 0.410 e. The van der Waals surface area contributed by atoms with Crippen LogP contribution >= 0.6 is 0 Å². The lowest BCUT2D eigenvalue weighted by Crippen LogP contribution is -2.65. The number of nitriles is 1. The molecule has 2 heterocycles. The van der Waals surface area contributed by atoms with E-state index in [0.717, 1.165) is 18.8 Å². The second-order valence-corrected chi connectivity index (χ2v) is 12.7. The molecule has 204 valence electrons. The van der Waals surface area contributed by atoms with E-state index in [9.17, 15) is 10.1 Å². The molecule has 0 N–H and O–H groups in total. The molecular formula is C31H41N3O4. The van der Waals surface area contributed by atoms with E-state index < -0.39 is 5.60 Å². The van der Waals surface area contributed by atoms with Gasteiger partial charge in [-0.05, 0) is 61.6 Å². The summed E-state index contributed by atoms with van der Waals surface area (Å²) in [5, 5.41) is 9.21. The number of hydrogen-bond donors (Lipinski definition) is 0. The molecule has 0 bridgehead atoms. The first-order valence-corrected chi connectivity index (χ1v) is 13.4. The van der Waals surface area contributed by atoms with E-state index in [1.165, 1.54) is 11.1 Å². The molecule has 2 aromatic rings. The SMILES string of the molecule is CC(C)(C)OC(=O)N1CC2(COC(CCN(Cc3ccc(C(C)(C)C)cc3)c3ccc(C#N)cc3)OC2)C1. The van der Waals surface area contributed by atoms with Crippen molar-refractivity contribution in [3.8, 4) is 6.07 Å². The lowest BCUT2D eigenvalue weighted by Gasteiger charge is -2.52. The first-order chi connectivity index (χ1) is 17.9. The number of nitrogens with zero attached hydrogens (tertiary/aromatic N) is 3. The van der Waals surface area contributed by atoms with Gasteiger partial charge < -0.3 is 24.0 Å². The van der Waals surface area contributed by atoms with Crippen LogP contribution in [0.25, 0.3) is 0 Å². The number of benzene rings is 2. The number of hydrogen-bond acceptors (Lipinski definition) is 6. The molecule has 7 nitrogen and oxygen atoms in total. The van der Waals surface area contributed by atoms with Crippen molar-refractivity contribution in [2.75, 3.05) is 37.7 Å². The molecule has 1 spiro atoms. The lowest BCUT2D eigenvalue weighted by molar-refractivity contribution is -0.254. The van der Waals surface area contributed by atoms with Gasteiger partial charge in [-0.3, -0.25) is 0 Å². The Labute approximate surface area is 227 Å². The zero-order valence-electron chi connectivity index (χ0n) is 23.6. The zero-order chi connectivity index (χ0) is 27.6. The third-order valence-electron chi connectivity index (χ3n) is 7.04. The van der Waals surface area contributed by atoms with Crippen molar-refractivity contribution >= 4 is 11.8 Å². The van der Waals surface area contributed by atoms with Crippen LogP contribution in [0.5, 0.6) is 0 Å². The largest absolute Gasteiger partial charge is 0.444 e. The van der Waals surface area contributed by atoms with Crippen molar-refractivity contribution in [1.29, 1.82) is 5.26 Å². The average Bonchev–Trinajstić information content (AvgIpc) is 2.84. The van der Waals surface area contributed by atoms with Crippen LogP contribution in [0.3, 0.4) is 0 Å². The maximum absolute atomic E-state index is 12.3. The van der Waals surface area contributed by atoms with Crippen molar-refractivity contribution in [1.82, 2.24) is 4.90 Å². The van der Waals surface area contributed by atoms with Crippen molar-refractivity contribution in [2.45, 2.75) is 71.8 Å². The molecule has 2 saturated heterocycles. The number of likely N-dealkylation sites (tertiary alicyclic amines) is 1. The van der Waals surface area contributed by atoms with Gasteiger partial charge in [0.2, 0.25) is 0 Å². The number of carbonyl (C=O) groups excluding carboxylic acids is 1. The molecule has 2 aliphatic rings. The van der Waals surface area contributed by atoms with Crippen molar-refractivity contribution < 1.29 is 19.0 Å². The predicted molar refractivity (Wildman–Crippen MR) is 148 cm³/mol. The van der Waals surface area contributed by atoms with Crippen LogP contribution in [0, 0.1) is 16.7 Å². The molecule has 4 rings (SSSR count). The zero-order valence-corrected chi connectivity index (χ0v) is 23.6. The third-order valence-corrected chi connectivity index (χ3v) is 7.04. The molecule has 2 aliphatic heterocycles. The maximum atomic E-state index is 12.3. The molecule has 2 aromatic carbocycles. The number of amides is 1. The Morgan fingerprint density at radius 3 is 2.16 bits per heavy atom. The average molecular weight is 520 g/mol. The summed E-state index contributed by atoms with van der Waals surface area (Å²) in [5.41, 5.74) is 3.71. The standard InChI is InChI=1S/C31H41N3O4/c1-29(2,3)25-11-7-24(8-12-25)18-33(26-13-9-23(17-32)10-14-26)16-15-27-36-21-31(22-37-27)19-34(20-31)28(35)38-30(4,5)6/h7-14,27H,15-16,18-22H2,1-6H3. The molecule has 0 unspecified atom stereocenters. The Bertz CT molecular complexity index is 1120. The number of carbonyl (C=O) groups is 1. The fourth-order valence-corrected chi connectivity index (χ4v) is 4.84. The van der Waals surface area contributed by atoms with E-state index >= 15 is 0 Å². The first kappa shape index (κ1) is 27.9. The summed E-state index contributed by atoms with van der Waals surface area (Å²) in [7, 11) is 0. The van der Waals surface area contributed by atoms with Gasteiger partial charge in [-0.1, -0.05) is 45.0 Å². The van der Waals surface area contributed by atoms with Crippen LogP contribution < -0.4 is 4.90 Å². The molecule has 0 radical (unpaired) electrons. The van der Waals surface area contributed by atoms with Crippen LogP contribution in [0.4, 0.5) is 10.5 Å². The van der Waals surface area contributed by atoms with Crippen LogP contribution in [0.1, 0.15) is 64.7 Å². The molecule has 0 atom stereocenters. The lowest BCUT2D eigenvalue weighted by atomic mass is 9.81. The Morgan fingerprint density at radius 1 is 1.03 bits per heavy atom. The highest BCUT2D eigenvalue weighted by atomic mass is 16.7. The summed E-state index contributed by atoms with van der Waals surface area (Å²) >= 11 is 0. The highest BCUT2D eigenvalue weighted by molar-refractivity contribution is 5.69. The second kappa shape index (κ2) is 11.0. The third kappa shape index (κ3) is 7.06. The highest BCUT2D eigenvalue weighted by Gasteiger charge is 2.49. The molecule has 7 heteroatoms. The molecule has 0 saturated carbocycles. The summed E-state index contributed by atoms with van der Waals surface area (Å²) in [4.78, 5) is 16.3. The summed E-state index contributed by atoms with van der Waals surface area (Å²) in [6.45, 7) is 16.1. The quantitative estimate of drug-likeness (QED) is 0.476. The molecule has 2 fully saturated rings. The van der Waals surface area contributed by atoms with Gasteiger partial charge in [0.05, 0.1) is 30.3 Å². The molecular weight excluding hydrogens is 478 g/mol. The maximum Gasteiger partial charge on any atom is 0.410 e. The van der Waals surface area contributed by atoms with Crippen molar-refractivity contribution in [3.63, 3.8) is 0 Å². The van der Waals surface area contributed by atoms with Gasteiger partial charge in [0, 0.05) is 38.3 Å². The van der Waals surface area contributed by atoms with Gasteiger partial charge in [0.25, 0.3) is 0 Å². The minimum Gasteiger partial charge on any atom is -0.444 e. The summed E-state index contributed by atoms with van der Waals surface area (Å²) < 4.78 is 17.7. The van der Waals surface area contributed by atoms with E-state index in [1.54, 1.807) is 4.90 Å². The normalized spacial score (nSPS) is 17.6. The number of rotatable bonds is 6. The first-order valence-electron chi connectivity index (χ1n) is 13.4. The van der Waals surface area contributed by atoms with E-state index in [2.05, 4.69) is 56.0 Å². The minimum absolute atomic E-state index is 0.114. The van der Waals surface area contributed by atoms with Gasteiger partial charge in [-0.25, -0.2) is 4.79 Å². The number of ether oxygens (including phenoxy) is 3. The molecule has 1 amide bonds. The van der Waals surface area contributed by atoms with E-state index in [4.69, 9.17) is 14.2 Å². The van der Waals surface area contributed by atoms with Crippen LogP contribution in [0.15, 0.2) is 48.5 Å². The number of anilines is 1. The van der Waals surface area contributed by atoms with Crippen molar-refractivity contribution in [3.05, 3.63) is 65.2 Å². The second-order valence-electron chi connectivity index (χ2n) is 12.7. The summed E-state index contributed by atoms with van der Waals surface area (Å²) in [6, 6.07) is 18.7. The topological polar surface area (TPSA) is 75.0 Å². The van der Waals surface area contributed by atoms with E-state index in [1.807, 2.05) is 45.0 Å². The predicted octanol–water partition coefficient (Wildman–Crippen LogP) is 5.86. The Balaban J connectivity index is 1.34. The van der Waals surface area contributed by atoms with Crippen LogP contribution in [0.2, 0.25) is 0 Å². The van der Waals surface area contributed by atoms with Gasteiger partial charge in [0.1, 0.15) is 5.60 Å². The van der Waals surface area contributed by atoms with Crippen LogP contribution in [-0.2, 0) is 26.2 Å². The van der Waals surface area contributed by atoms with Gasteiger partial charge >= 0.3 is 6.09 Å². The fraction of sp³-hybridized carbons (Fsp3) is 0.548. The Hall–Kier alpha value is -3.08. The van der Waals surface area contributed by atoms with E-state index in [0.29, 0.717) is 38.3 Å². The summed E-state index contributed by atoms with van der Waals surface area (Å²) in [6.07, 6.45) is 0.144. The fourth-order valence-electron chi connectivity index (χ4n) is 4.84. The molecule has 0 aromatic heterocycles. The van der Waals surface area contributed by atoms with Crippen molar-refractivity contribution in [2.24, 2.45) is 5.41 Å². The van der Waals surface area contributed by atoms with Gasteiger partial charge in [0.15, 0.2) is 6.29 Å². The molecule has 38 heavy (non-hydrogen) atoms. The van der Waals surface area contributed by atoms with Crippen LogP contribution in [-0.4, -0.2) is 55.7 Å². The van der Waals surface area contributed by atoms with Gasteiger partial charge in [-0.15, -0.1) is 0 Å². The van der Waals surface area contributed by atoms with E-state index in [-0.39, 0.29) is 23.2 Å². The highest BCUT2D eigenvalue weighted by Crippen LogP contribution is 2.36. The Kier molecular flexibility index (Phi) is 8.06. The Morgan fingerprint density at radius 2 is 1.63 bits per heavy atom. The molecule has 0 aliphatic carbocycles. The minimum atomic E-state index is -0.500. The van der Waals surface area contributed by atoms with Gasteiger partial charge in [-0.2, -0.15) is 5.26 Å². The summed E-state index contributed by atoms with van der Waals surface area (Å²) in [5.74, 6) is 0.